The number of methoxy groups -OCH3 is 1. The Labute approximate surface area is 206 Å². The van der Waals surface area contributed by atoms with Gasteiger partial charge in [-0.1, -0.05) is 15.9 Å². The highest BCUT2D eigenvalue weighted by molar-refractivity contribution is 9.10. The van der Waals surface area contributed by atoms with E-state index in [9.17, 15) is 9.59 Å². The Balaban J connectivity index is 1.53. The van der Waals surface area contributed by atoms with Gasteiger partial charge in [0.15, 0.2) is 0 Å². The number of nitrogens with one attached hydrogen (secondary N) is 1. The molecule has 3 fully saturated rings. The van der Waals surface area contributed by atoms with Crippen molar-refractivity contribution in [1.29, 1.82) is 0 Å². The molecule has 0 radical (unpaired) electrons. The number of hydrogen-bond acceptors (Lipinski definition) is 5. The van der Waals surface area contributed by atoms with Crippen LogP contribution in [0.5, 0.6) is 0 Å². The quantitative estimate of drug-likeness (QED) is 0.402. The molecule has 3 aliphatic carbocycles. The molecule has 5 nitrogen and oxygen atoms in total. The second-order valence-corrected chi connectivity index (χ2v) is 11.7. The van der Waals surface area contributed by atoms with Gasteiger partial charge < -0.3 is 10.1 Å². The number of benzene rings is 1. The molecule has 7 heteroatoms. The van der Waals surface area contributed by atoms with Crippen LogP contribution in [0.2, 0.25) is 0 Å². The summed E-state index contributed by atoms with van der Waals surface area (Å²) in [5, 5.41) is 4.27. The Morgan fingerprint density at radius 2 is 1.76 bits per heavy atom. The van der Waals surface area contributed by atoms with Gasteiger partial charge in [0.1, 0.15) is 0 Å². The number of carbonyl (C=O) groups excluding carboxylic acids is 2. The summed E-state index contributed by atoms with van der Waals surface area (Å²) in [5.41, 5.74) is 2.63. The largest absolute Gasteiger partial charge is 0.469 e. The molecular weight excluding hydrogens is 500 g/mol. The van der Waals surface area contributed by atoms with Gasteiger partial charge in [-0.2, -0.15) is 0 Å². The first-order valence-electron chi connectivity index (χ1n) is 11.3. The summed E-state index contributed by atoms with van der Waals surface area (Å²) >= 11 is 5.25. The Hall–Kier alpha value is -2.25. The smallest absolute Gasteiger partial charge is 0.311 e. The molecular formula is C26H27BrN2O3S. The number of esters is 1. The summed E-state index contributed by atoms with van der Waals surface area (Å²) in [4.78, 5) is 33.4. The number of thiophene rings is 1. The summed E-state index contributed by atoms with van der Waals surface area (Å²) < 4.78 is 6.01. The summed E-state index contributed by atoms with van der Waals surface area (Å²) in [6.07, 6.45) is 4.70. The van der Waals surface area contributed by atoms with Crippen molar-refractivity contribution >= 4 is 50.0 Å². The molecule has 2 heterocycles. The third-order valence-electron chi connectivity index (χ3n) is 7.63. The molecule has 33 heavy (non-hydrogen) atoms. The molecule has 0 aliphatic heterocycles. The lowest BCUT2D eigenvalue weighted by Crippen LogP contribution is -2.58. The Bertz CT molecular complexity index is 1260. The third-order valence-corrected chi connectivity index (χ3v) is 9.14. The first kappa shape index (κ1) is 22.5. The van der Waals surface area contributed by atoms with Crippen LogP contribution < -0.4 is 5.32 Å². The highest BCUT2D eigenvalue weighted by Crippen LogP contribution is 2.53. The molecule has 0 spiro atoms. The fourth-order valence-corrected chi connectivity index (χ4v) is 6.90. The van der Waals surface area contributed by atoms with Gasteiger partial charge >= 0.3 is 5.97 Å². The van der Waals surface area contributed by atoms with E-state index in [2.05, 4.69) is 40.3 Å². The van der Waals surface area contributed by atoms with Crippen LogP contribution in [0.1, 0.15) is 59.3 Å². The zero-order chi connectivity index (χ0) is 23.4. The number of carbonyl (C=O) groups is 2. The monoisotopic (exact) mass is 526 g/mol. The number of pyridine rings is 1. The van der Waals surface area contributed by atoms with Crippen LogP contribution in [-0.4, -0.2) is 29.5 Å². The van der Waals surface area contributed by atoms with Crippen molar-refractivity contribution in [3.05, 3.63) is 50.8 Å². The molecule has 3 aromatic rings. The normalized spacial score (nSPS) is 24.1. The first-order valence-corrected chi connectivity index (χ1v) is 12.9. The lowest BCUT2D eigenvalue weighted by molar-refractivity contribution is -0.160. The van der Waals surface area contributed by atoms with Gasteiger partial charge in [0.2, 0.25) is 0 Å². The summed E-state index contributed by atoms with van der Waals surface area (Å²) in [6, 6.07) is 10.1. The van der Waals surface area contributed by atoms with Gasteiger partial charge in [-0.3, -0.25) is 9.59 Å². The molecule has 1 N–H and O–H groups in total. The number of aromatic nitrogens is 1. The molecule has 0 unspecified atom stereocenters. The third kappa shape index (κ3) is 3.79. The first-order chi connectivity index (χ1) is 15.8. The number of nitrogens with zero attached hydrogens (tertiary/aromatic N) is 1. The maximum absolute atomic E-state index is 13.9. The summed E-state index contributed by atoms with van der Waals surface area (Å²) in [7, 11) is 1.47. The molecule has 2 bridgehead atoms. The lowest BCUT2D eigenvalue weighted by atomic mass is 9.57. The Morgan fingerprint density at radius 1 is 1.06 bits per heavy atom. The molecule has 2 aromatic heterocycles. The molecule has 3 saturated carbocycles. The number of fused-ring (bicyclic) bond motifs is 4. The SMILES string of the molecule is COC(=O)C12CCC(NC(=O)c3c(C)c(-c4ccc(C)s4)nc4ccc(Br)cc34)(CC1)CC2. The minimum atomic E-state index is -0.366. The minimum Gasteiger partial charge on any atom is -0.469 e. The highest BCUT2D eigenvalue weighted by Gasteiger charge is 2.53. The van der Waals surface area contributed by atoms with E-state index in [4.69, 9.17) is 9.72 Å². The number of rotatable bonds is 4. The maximum atomic E-state index is 13.9. The van der Waals surface area contributed by atoms with Crippen molar-refractivity contribution < 1.29 is 14.3 Å². The van der Waals surface area contributed by atoms with Crippen molar-refractivity contribution in [3.63, 3.8) is 0 Å². The topological polar surface area (TPSA) is 68.3 Å². The number of ether oxygens (including phenoxy) is 1. The predicted molar refractivity (Wildman–Crippen MR) is 135 cm³/mol. The van der Waals surface area contributed by atoms with Gasteiger partial charge in [0.05, 0.1) is 34.2 Å². The van der Waals surface area contributed by atoms with Crippen molar-refractivity contribution in [2.24, 2.45) is 5.41 Å². The van der Waals surface area contributed by atoms with Crippen LogP contribution >= 0.6 is 27.3 Å². The van der Waals surface area contributed by atoms with Crippen LogP contribution in [0, 0.1) is 19.3 Å². The van der Waals surface area contributed by atoms with E-state index in [0.717, 1.165) is 70.0 Å². The van der Waals surface area contributed by atoms with Crippen LogP contribution in [0.3, 0.4) is 0 Å². The van der Waals surface area contributed by atoms with Crippen molar-refractivity contribution in [3.8, 4) is 10.6 Å². The fraction of sp³-hybridized carbons (Fsp3) is 0.423. The molecule has 6 rings (SSSR count). The van der Waals surface area contributed by atoms with E-state index in [-0.39, 0.29) is 22.8 Å². The van der Waals surface area contributed by atoms with Gasteiger partial charge in [-0.15, -0.1) is 11.3 Å². The van der Waals surface area contributed by atoms with Crippen LogP contribution in [0.4, 0.5) is 0 Å². The highest BCUT2D eigenvalue weighted by atomic mass is 79.9. The van der Waals surface area contributed by atoms with Gasteiger partial charge in [0.25, 0.3) is 5.91 Å². The average Bonchev–Trinajstić information content (AvgIpc) is 3.25. The van der Waals surface area contributed by atoms with E-state index in [1.165, 1.54) is 12.0 Å². The molecule has 172 valence electrons. The standard InChI is InChI=1S/C26H27BrN2O3S/c1-15-4-7-20(33-15)22-16(2)21(18-14-17(27)5-6-19(18)28-22)23(30)29-26-11-8-25(9-12-26,10-13-26)24(31)32-3/h4-7,14H,8-13H2,1-3H3,(H,29,30). The number of halogens is 1. The Kier molecular flexibility index (Phi) is 5.60. The molecule has 0 atom stereocenters. The van der Waals surface area contributed by atoms with Crippen molar-refractivity contribution in [2.45, 2.75) is 57.9 Å². The zero-order valence-corrected chi connectivity index (χ0v) is 21.5. The fourth-order valence-electron chi connectivity index (χ4n) is 5.62. The minimum absolute atomic E-state index is 0.0556. The van der Waals surface area contributed by atoms with Crippen LogP contribution in [0.15, 0.2) is 34.8 Å². The van der Waals surface area contributed by atoms with Gasteiger partial charge in [-0.25, -0.2) is 4.98 Å². The molecule has 1 amide bonds. The van der Waals surface area contributed by atoms with Gasteiger partial charge in [0, 0.05) is 20.3 Å². The second kappa shape index (κ2) is 8.20. The average molecular weight is 527 g/mol. The van der Waals surface area contributed by atoms with Crippen molar-refractivity contribution in [1.82, 2.24) is 10.3 Å². The van der Waals surface area contributed by atoms with E-state index in [1.807, 2.05) is 25.1 Å². The second-order valence-electron chi connectivity index (χ2n) is 9.54. The maximum Gasteiger partial charge on any atom is 0.311 e. The number of hydrogen-bond donors (Lipinski definition) is 1. The number of aryl methyl sites for hydroxylation is 1. The van der Waals surface area contributed by atoms with Gasteiger partial charge in [-0.05, 0) is 88.3 Å². The van der Waals surface area contributed by atoms with Crippen LogP contribution in [-0.2, 0) is 9.53 Å². The zero-order valence-electron chi connectivity index (χ0n) is 19.1. The summed E-state index contributed by atoms with van der Waals surface area (Å²) in [5.74, 6) is -0.154. The molecule has 3 aliphatic rings. The summed E-state index contributed by atoms with van der Waals surface area (Å²) in [6.45, 7) is 4.07. The number of amides is 1. The predicted octanol–water partition coefficient (Wildman–Crippen LogP) is 6.34. The Morgan fingerprint density at radius 3 is 2.36 bits per heavy atom. The lowest BCUT2D eigenvalue weighted by Gasteiger charge is -2.52. The van der Waals surface area contributed by atoms with E-state index in [1.54, 1.807) is 11.3 Å². The van der Waals surface area contributed by atoms with Crippen molar-refractivity contribution in [2.75, 3.05) is 7.11 Å². The van der Waals surface area contributed by atoms with Crippen LogP contribution in [0.25, 0.3) is 21.5 Å². The molecule has 1 aromatic carbocycles. The molecule has 0 saturated heterocycles. The van der Waals surface area contributed by atoms with E-state index in [0.29, 0.717) is 5.56 Å². The van der Waals surface area contributed by atoms with E-state index >= 15 is 0 Å². The van der Waals surface area contributed by atoms with E-state index < -0.39 is 0 Å².